The van der Waals surface area contributed by atoms with Crippen molar-refractivity contribution in [3.05, 3.63) is 42.0 Å². The summed E-state index contributed by atoms with van der Waals surface area (Å²) in [4.78, 5) is 16.7. The number of nitrogens with zero attached hydrogens (tertiary/aromatic N) is 2. The van der Waals surface area contributed by atoms with Crippen molar-refractivity contribution in [2.24, 2.45) is 0 Å². The molecule has 3 rings (SSSR count). The average Bonchev–Trinajstić information content (AvgIpc) is 2.95. The summed E-state index contributed by atoms with van der Waals surface area (Å²) in [5.74, 6) is 0.908. The van der Waals surface area contributed by atoms with E-state index < -0.39 is 9.84 Å². The zero-order valence-corrected chi connectivity index (χ0v) is 16.8. The van der Waals surface area contributed by atoms with E-state index in [1.165, 1.54) is 5.57 Å². The largest absolute Gasteiger partial charge is 0.493 e. The van der Waals surface area contributed by atoms with E-state index in [0.717, 1.165) is 12.3 Å². The van der Waals surface area contributed by atoms with Gasteiger partial charge in [-0.1, -0.05) is 29.8 Å². The van der Waals surface area contributed by atoms with Crippen molar-refractivity contribution in [1.29, 1.82) is 0 Å². The molecule has 6 nitrogen and oxygen atoms in total. The van der Waals surface area contributed by atoms with Crippen LogP contribution >= 0.6 is 0 Å². The van der Waals surface area contributed by atoms with E-state index in [1.54, 1.807) is 4.90 Å². The fraction of sp³-hybridized carbons (Fsp3) is 0.550. The smallest absolute Gasteiger partial charge is 0.226 e. The molecule has 1 aromatic carbocycles. The van der Waals surface area contributed by atoms with Crippen LogP contribution in [0.3, 0.4) is 0 Å². The molecule has 0 bridgehead atoms. The molecule has 0 unspecified atom stereocenters. The number of amides is 1. The van der Waals surface area contributed by atoms with Crippen molar-refractivity contribution in [2.45, 2.75) is 32.4 Å². The normalized spacial score (nSPS) is 24.3. The Morgan fingerprint density at radius 2 is 1.85 bits per heavy atom. The lowest BCUT2D eigenvalue weighted by molar-refractivity contribution is -0.137. The van der Waals surface area contributed by atoms with Crippen LogP contribution < -0.4 is 4.74 Å². The summed E-state index contributed by atoms with van der Waals surface area (Å²) in [6.07, 6.45) is 2.37. The highest BCUT2D eigenvalue weighted by Crippen LogP contribution is 2.27. The Hall–Kier alpha value is -1.86. The molecule has 0 aromatic heterocycles. The van der Waals surface area contributed by atoms with Gasteiger partial charge in [0, 0.05) is 25.7 Å². The number of hydrogen-bond donors (Lipinski definition) is 0. The van der Waals surface area contributed by atoms with Crippen LogP contribution in [0.1, 0.15) is 20.3 Å². The summed E-state index contributed by atoms with van der Waals surface area (Å²) in [6.45, 7) is 6.37. The lowest BCUT2D eigenvalue weighted by Gasteiger charge is -2.43. The van der Waals surface area contributed by atoms with Crippen LogP contribution in [-0.4, -0.2) is 74.0 Å². The minimum Gasteiger partial charge on any atom is -0.493 e. The summed E-state index contributed by atoms with van der Waals surface area (Å²) < 4.78 is 30.1. The first-order valence-electron chi connectivity index (χ1n) is 9.41. The van der Waals surface area contributed by atoms with Crippen molar-refractivity contribution in [3.63, 3.8) is 0 Å². The van der Waals surface area contributed by atoms with Crippen molar-refractivity contribution in [2.75, 3.05) is 37.7 Å². The SMILES string of the molecule is CC(C)=CCN1CCN(C(=O)CCOc2ccccc2)[C@H]2CS(=O)(=O)C[C@H]21. The Morgan fingerprint density at radius 1 is 1.15 bits per heavy atom. The number of para-hydroxylation sites is 1. The minimum atomic E-state index is -3.12. The molecule has 2 heterocycles. The summed E-state index contributed by atoms with van der Waals surface area (Å²) >= 11 is 0. The molecule has 0 radical (unpaired) electrons. The second-order valence-corrected chi connectivity index (χ2v) is 9.64. The van der Waals surface area contributed by atoms with E-state index in [9.17, 15) is 13.2 Å². The number of carbonyl (C=O) groups is 1. The maximum Gasteiger partial charge on any atom is 0.226 e. The van der Waals surface area contributed by atoms with Gasteiger partial charge in [-0.15, -0.1) is 0 Å². The molecule has 0 N–H and O–H groups in total. The number of carbonyl (C=O) groups excluding carboxylic acids is 1. The van der Waals surface area contributed by atoms with E-state index in [0.29, 0.717) is 19.7 Å². The standard InChI is InChI=1S/C20H28N2O4S/c1-16(2)8-10-21-11-12-22(19-15-27(24,25)14-18(19)21)20(23)9-13-26-17-6-4-3-5-7-17/h3-8,18-19H,9-15H2,1-2H3/t18-,19+/m1/s1. The summed E-state index contributed by atoms with van der Waals surface area (Å²) in [5, 5.41) is 0. The molecular formula is C20H28N2O4S. The van der Waals surface area contributed by atoms with Gasteiger partial charge in [0.1, 0.15) is 5.75 Å². The number of ether oxygens (including phenoxy) is 1. The molecule has 148 valence electrons. The Balaban J connectivity index is 1.62. The highest BCUT2D eigenvalue weighted by molar-refractivity contribution is 7.91. The molecule has 0 saturated carbocycles. The maximum absolute atomic E-state index is 12.7. The zero-order chi connectivity index (χ0) is 19.4. The molecule has 2 aliphatic rings. The molecule has 1 amide bonds. The lowest BCUT2D eigenvalue weighted by Crippen LogP contribution is -2.60. The molecule has 0 spiro atoms. The third-order valence-corrected chi connectivity index (χ3v) is 6.87. The quantitative estimate of drug-likeness (QED) is 0.690. The maximum atomic E-state index is 12.7. The number of allylic oxidation sites excluding steroid dienone is 1. The Morgan fingerprint density at radius 3 is 2.56 bits per heavy atom. The third kappa shape index (κ3) is 5.11. The van der Waals surface area contributed by atoms with Crippen molar-refractivity contribution in [3.8, 4) is 5.75 Å². The van der Waals surface area contributed by atoms with Crippen LogP contribution in [0.2, 0.25) is 0 Å². The van der Waals surface area contributed by atoms with Gasteiger partial charge in [-0.25, -0.2) is 8.42 Å². The number of piperazine rings is 1. The summed E-state index contributed by atoms with van der Waals surface area (Å²) in [6, 6.07) is 9.02. The van der Waals surface area contributed by atoms with Gasteiger partial charge in [-0.3, -0.25) is 9.69 Å². The fourth-order valence-electron chi connectivity index (χ4n) is 3.78. The molecule has 7 heteroatoms. The van der Waals surface area contributed by atoms with Crippen molar-refractivity contribution in [1.82, 2.24) is 9.80 Å². The monoisotopic (exact) mass is 392 g/mol. The van der Waals surface area contributed by atoms with Gasteiger partial charge in [0.15, 0.2) is 9.84 Å². The second kappa shape index (κ2) is 8.44. The molecule has 2 aliphatic heterocycles. The number of fused-ring (bicyclic) bond motifs is 1. The first-order chi connectivity index (χ1) is 12.9. The fourth-order valence-corrected chi connectivity index (χ4v) is 5.79. The first-order valence-corrected chi connectivity index (χ1v) is 11.2. The number of rotatable bonds is 6. The van der Waals surface area contributed by atoms with Crippen LogP contribution in [0.25, 0.3) is 0 Å². The third-order valence-electron chi connectivity index (χ3n) is 5.17. The van der Waals surface area contributed by atoms with E-state index >= 15 is 0 Å². The highest BCUT2D eigenvalue weighted by Gasteiger charge is 2.47. The van der Waals surface area contributed by atoms with E-state index in [4.69, 9.17) is 4.74 Å². The van der Waals surface area contributed by atoms with Crippen LogP contribution in [0, 0.1) is 0 Å². The average molecular weight is 393 g/mol. The number of benzene rings is 1. The van der Waals surface area contributed by atoms with Gasteiger partial charge < -0.3 is 9.64 Å². The van der Waals surface area contributed by atoms with Gasteiger partial charge in [0.25, 0.3) is 0 Å². The predicted octanol–water partition coefficient (Wildman–Crippen LogP) is 1.73. The second-order valence-electron chi connectivity index (χ2n) is 7.49. The van der Waals surface area contributed by atoms with Gasteiger partial charge in [-0.05, 0) is 26.0 Å². The number of hydrogen-bond acceptors (Lipinski definition) is 5. The summed E-state index contributed by atoms with van der Waals surface area (Å²) in [7, 11) is -3.12. The van der Waals surface area contributed by atoms with Crippen molar-refractivity contribution >= 4 is 15.7 Å². The van der Waals surface area contributed by atoms with E-state index in [1.807, 2.05) is 44.2 Å². The zero-order valence-electron chi connectivity index (χ0n) is 16.0. The van der Waals surface area contributed by atoms with Crippen LogP contribution in [0.5, 0.6) is 5.75 Å². The van der Waals surface area contributed by atoms with Crippen molar-refractivity contribution < 1.29 is 17.9 Å². The molecular weight excluding hydrogens is 364 g/mol. The number of sulfone groups is 1. The minimum absolute atomic E-state index is 0.0279. The van der Waals surface area contributed by atoms with Gasteiger partial charge in [-0.2, -0.15) is 0 Å². The topological polar surface area (TPSA) is 66.9 Å². The first kappa shape index (κ1) is 19.9. The molecule has 0 aliphatic carbocycles. The molecule has 27 heavy (non-hydrogen) atoms. The molecule has 2 atom stereocenters. The Bertz CT molecular complexity index is 787. The Labute approximate surface area is 161 Å². The molecule has 2 fully saturated rings. The predicted molar refractivity (Wildman–Crippen MR) is 106 cm³/mol. The van der Waals surface area contributed by atoms with Crippen LogP contribution in [0.4, 0.5) is 0 Å². The van der Waals surface area contributed by atoms with Gasteiger partial charge >= 0.3 is 0 Å². The van der Waals surface area contributed by atoms with E-state index in [-0.39, 0.29) is 35.9 Å². The van der Waals surface area contributed by atoms with Crippen LogP contribution in [0.15, 0.2) is 42.0 Å². The Kier molecular flexibility index (Phi) is 6.22. The lowest BCUT2D eigenvalue weighted by atomic mass is 10.0. The van der Waals surface area contributed by atoms with Crippen LogP contribution in [-0.2, 0) is 14.6 Å². The molecule has 2 saturated heterocycles. The summed E-state index contributed by atoms with van der Waals surface area (Å²) in [5.41, 5.74) is 1.21. The highest BCUT2D eigenvalue weighted by atomic mass is 32.2. The van der Waals surface area contributed by atoms with E-state index in [2.05, 4.69) is 11.0 Å². The van der Waals surface area contributed by atoms with Gasteiger partial charge in [0.05, 0.1) is 30.6 Å². The van der Waals surface area contributed by atoms with Gasteiger partial charge in [0.2, 0.25) is 5.91 Å². The molecule has 1 aromatic rings.